The Labute approximate surface area is 246 Å². The normalized spacial score (nSPS) is 15.3. The van der Waals surface area contributed by atoms with Gasteiger partial charge in [-0.2, -0.15) is 13.2 Å². The first-order chi connectivity index (χ1) is 20.8. The first kappa shape index (κ1) is 28.5. The van der Waals surface area contributed by atoms with Crippen LogP contribution in [0.2, 0.25) is 0 Å². The van der Waals surface area contributed by atoms with E-state index < -0.39 is 17.6 Å². The van der Waals surface area contributed by atoms with Crippen molar-refractivity contribution in [3.05, 3.63) is 89.7 Å². The quantitative estimate of drug-likeness (QED) is 0.245. The van der Waals surface area contributed by atoms with Gasteiger partial charge in [0.05, 0.1) is 12.1 Å². The summed E-state index contributed by atoms with van der Waals surface area (Å²) in [4.78, 5) is 24.1. The third-order valence-corrected chi connectivity index (χ3v) is 7.32. The second-order valence-electron chi connectivity index (χ2n) is 10.5. The molecule has 3 aromatic carbocycles. The topological polar surface area (TPSA) is 88.1 Å². The van der Waals surface area contributed by atoms with E-state index in [1.165, 1.54) is 6.07 Å². The second-order valence-corrected chi connectivity index (χ2v) is 10.5. The van der Waals surface area contributed by atoms with Crippen molar-refractivity contribution in [2.24, 2.45) is 4.99 Å². The second kappa shape index (κ2) is 12.3. The van der Waals surface area contributed by atoms with Crippen LogP contribution in [0.15, 0.2) is 77.9 Å². The van der Waals surface area contributed by atoms with Gasteiger partial charge in [-0.25, -0.2) is 0 Å². The van der Waals surface area contributed by atoms with Crippen LogP contribution in [0, 0.1) is 0 Å². The summed E-state index contributed by atoms with van der Waals surface area (Å²) in [5, 5.41) is 7.40. The molecule has 8 nitrogen and oxygen atoms in total. The number of rotatable bonds is 9. The zero-order valence-electron chi connectivity index (χ0n) is 23.3. The van der Waals surface area contributed by atoms with Crippen LogP contribution in [-0.4, -0.2) is 61.0 Å². The number of nitrogens with zero attached hydrogens (tertiary/aromatic N) is 3. The first-order valence-corrected chi connectivity index (χ1v) is 14.2. The van der Waals surface area contributed by atoms with Gasteiger partial charge in [-0.1, -0.05) is 12.1 Å². The van der Waals surface area contributed by atoms with Crippen molar-refractivity contribution in [3.63, 3.8) is 0 Å². The minimum absolute atomic E-state index is 0.00280. The first-order valence-electron chi connectivity index (χ1n) is 14.2. The van der Waals surface area contributed by atoms with Gasteiger partial charge >= 0.3 is 6.18 Å². The number of pyridine rings is 1. The predicted octanol–water partition coefficient (Wildman–Crippen LogP) is 6.12. The van der Waals surface area contributed by atoms with E-state index in [1.807, 2.05) is 12.1 Å². The monoisotopic (exact) mass is 589 g/mol. The van der Waals surface area contributed by atoms with E-state index in [1.54, 1.807) is 42.6 Å². The number of hydrogen-bond donors (Lipinski definition) is 2. The van der Waals surface area contributed by atoms with Crippen molar-refractivity contribution >= 4 is 28.2 Å². The van der Waals surface area contributed by atoms with Crippen LogP contribution in [0.5, 0.6) is 17.2 Å². The zero-order chi connectivity index (χ0) is 29.8. The summed E-state index contributed by atoms with van der Waals surface area (Å²) in [5.41, 5.74) is 0.0828. The summed E-state index contributed by atoms with van der Waals surface area (Å²) in [6.07, 6.45) is -0.718. The number of ether oxygens (including phenoxy) is 2. The molecule has 0 aliphatic carbocycles. The summed E-state index contributed by atoms with van der Waals surface area (Å²) >= 11 is 0. The Morgan fingerprint density at radius 1 is 0.930 bits per heavy atom. The fourth-order valence-electron chi connectivity index (χ4n) is 5.16. The maximum atomic E-state index is 13.6. The molecule has 2 aliphatic heterocycles. The van der Waals surface area contributed by atoms with Crippen molar-refractivity contribution in [2.75, 3.05) is 44.6 Å². The third kappa shape index (κ3) is 7.06. The molecule has 1 aromatic heterocycles. The van der Waals surface area contributed by atoms with E-state index in [4.69, 9.17) is 9.47 Å². The Morgan fingerprint density at radius 3 is 2.53 bits per heavy atom. The molecule has 11 heteroatoms. The Hall–Kier alpha value is -4.64. The fourth-order valence-corrected chi connectivity index (χ4v) is 5.16. The highest BCUT2D eigenvalue weighted by Crippen LogP contribution is 2.34. The number of anilines is 1. The molecule has 0 radical (unpaired) electrons. The Morgan fingerprint density at radius 2 is 1.74 bits per heavy atom. The smallest absolute Gasteiger partial charge is 0.416 e. The number of hydrogen-bond acceptors (Lipinski definition) is 7. The number of aromatic nitrogens is 1. The van der Waals surface area contributed by atoms with Gasteiger partial charge in [0.15, 0.2) is 0 Å². The van der Waals surface area contributed by atoms with Gasteiger partial charge in [0.1, 0.15) is 35.4 Å². The number of benzene rings is 3. The van der Waals surface area contributed by atoms with E-state index >= 15 is 0 Å². The van der Waals surface area contributed by atoms with Gasteiger partial charge in [0, 0.05) is 42.7 Å². The number of nitrogens with one attached hydrogen (secondary N) is 2. The van der Waals surface area contributed by atoms with Crippen LogP contribution in [-0.2, 0) is 6.18 Å². The van der Waals surface area contributed by atoms with E-state index in [-0.39, 0.29) is 23.6 Å². The largest absolute Gasteiger partial charge is 0.492 e. The summed E-state index contributed by atoms with van der Waals surface area (Å²) in [5.74, 6) is 1.37. The third-order valence-electron chi connectivity index (χ3n) is 7.32. The Bertz CT molecular complexity index is 1670. The van der Waals surface area contributed by atoms with Crippen LogP contribution in [0.4, 0.5) is 18.9 Å². The van der Waals surface area contributed by atoms with Crippen LogP contribution in [0.1, 0.15) is 34.5 Å². The average molecular weight is 590 g/mol. The van der Waals surface area contributed by atoms with Crippen molar-refractivity contribution in [1.82, 2.24) is 15.2 Å². The fraction of sp³-hybridized carbons (Fsp3) is 0.281. The number of alkyl halides is 3. The van der Waals surface area contributed by atoms with Crippen molar-refractivity contribution in [2.45, 2.75) is 19.0 Å². The Balaban J connectivity index is 1.18. The molecule has 1 saturated heterocycles. The lowest BCUT2D eigenvalue weighted by Crippen LogP contribution is -2.25. The number of aliphatic imine (C=N–C) groups is 1. The molecule has 1 fully saturated rings. The van der Waals surface area contributed by atoms with Crippen LogP contribution >= 0.6 is 0 Å². The van der Waals surface area contributed by atoms with Gasteiger partial charge in [-0.05, 0) is 79.2 Å². The van der Waals surface area contributed by atoms with Crippen LogP contribution in [0.3, 0.4) is 0 Å². The highest BCUT2D eigenvalue weighted by molar-refractivity contribution is 6.06. The molecule has 0 saturated carbocycles. The number of amidine groups is 1. The minimum atomic E-state index is -4.59. The molecule has 2 N–H and O–H groups in total. The van der Waals surface area contributed by atoms with E-state index in [2.05, 4.69) is 25.5 Å². The standard InChI is InChI=1S/C32H30F3N5O3/c33-32(34,35)24-17-25(19-28(18-24)42-14-13-40-11-1-2-12-40)39-31(41)22-4-3-21-5-6-26(16-23(21)15-22)43-27-7-8-36-29(20-27)30-37-9-10-38-30/h3-8,15-20H,1-2,9-14H2,(H,37,38)(H,39,41). The lowest BCUT2D eigenvalue weighted by molar-refractivity contribution is -0.137. The molecule has 0 unspecified atom stereocenters. The van der Waals surface area contributed by atoms with Gasteiger partial charge in [0.2, 0.25) is 0 Å². The zero-order valence-corrected chi connectivity index (χ0v) is 23.3. The molecule has 4 aromatic rings. The van der Waals surface area contributed by atoms with Gasteiger partial charge in [0.25, 0.3) is 5.91 Å². The molecular formula is C32H30F3N5O3. The number of halogens is 3. The molecule has 6 rings (SSSR count). The van der Waals surface area contributed by atoms with Gasteiger partial charge < -0.3 is 20.1 Å². The average Bonchev–Trinajstić information content (AvgIpc) is 3.72. The molecule has 3 heterocycles. The minimum Gasteiger partial charge on any atom is -0.492 e. The molecule has 0 bridgehead atoms. The van der Waals surface area contributed by atoms with Gasteiger partial charge in [-0.3, -0.25) is 19.7 Å². The number of carbonyl (C=O) groups excluding carboxylic acids is 1. The molecule has 2 aliphatic rings. The highest BCUT2D eigenvalue weighted by atomic mass is 19.4. The molecule has 0 atom stereocenters. The van der Waals surface area contributed by atoms with Gasteiger partial charge in [-0.15, -0.1) is 0 Å². The maximum Gasteiger partial charge on any atom is 0.416 e. The summed E-state index contributed by atoms with van der Waals surface area (Å²) in [6, 6.07) is 17.4. The number of amides is 1. The molecule has 1 amide bonds. The summed E-state index contributed by atoms with van der Waals surface area (Å²) in [7, 11) is 0. The molecule has 43 heavy (non-hydrogen) atoms. The maximum absolute atomic E-state index is 13.6. The number of carbonyl (C=O) groups is 1. The molecule has 222 valence electrons. The van der Waals surface area contributed by atoms with Crippen LogP contribution < -0.4 is 20.1 Å². The molecular weight excluding hydrogens is 559 g/mol. The van der Waals surface area contributed by atoms with Crippen molar-refractivity contribution in [1.29, 1.82) is 0 Å². The Kier molecular flexibility index (Phi) is 8.15. The van der Waals surface area contributed by atoms with E-state index in [0.717, 1.165) is 61.2 Å². The lowest BCUT2D eigenvalue weighted by Gasteiger charge is -2.17. The summed E-state index contributed by atoms with van der Waals surface area (Å²) < 4.78 is 52.7. The van der Waals surface area contributed by atoms with E-state index in [0.29, 0.717) is 30.3 Å². The molecule has 0 spiro atoms. The lowest BCUT2D eigenvalue weighted by atomic mass is 10.1. The van der Waals surface area contributed by atoms with Crippen LogP contribution in [0.25, 0.3) is 10.8 Å². The SMILES string of the molecule is O=C(Nc1cc(OCCN2CCCC2)cc(C(F)(F)F)c1)c1ccc2ccc(Oc3ccnc(C4=NCCN4)c3)cc2c1. The van der Waals surface area contributed by atoms with Crippen molar-refractivity contribution < 1.29 is 27.4 Å². The van der Waals surface area contributed by atoms with E-state index in [9.17, 15) is 18.0 Å². The number of fused-ring (bicyclic) bond motifs is 1. The number of likely N-dealkylation sites (tertiary alicyclic amines) is 1. The highest BCUT2D eigenvalue weighted by Gasteiger charge is 2.32. The predicted molar refractivity (Wildman–Crippen MR) is 158 cm³/mol. The van der Waals surface area contributed by atoms with Crippen molar-refractivity contribution in [3.8, 4) is 17.2 Å². The summed E-state index contributed by atoms with van der Waals surface area (Å²) in [6.45, 7) is 4.29.